The van der Waals surface area contributed by atoms with Crippen molar-refractivity contribution in [2.24, 2.45) is 5.92 Å². The van der Waals surface area contributed by atoms with Crippen molar-refractivity contribution >= 4 is 23.5 Å². The molecule has 128 valence electrons. The number of anilines is 1. The Bertz CT molecular complexity index is 658. The van der Waals surface area contributed by atoms with Crippen LogP contribution in [0.4, 0.5) is 5.69 Å². The van der Waals surface area contributed by atoms with Gasteiger partial charge >= 0.3 is 5.97 Å². The molecule has 6 heteroatoms. The van der Waals surface area contributed by atoms with E-state index in [-0.39, 0.29) is 24.2 Å². The van der Waals surface area contributed by atoms with E-state index < -0.39 is 12.0 Å². The highest BCUT2D eigenvalue weighted by molar-refractivity contribution is 5.96. The Hall–Kier alpha value is -2.37. The van der Waals surface area contributed by atoms with Gasteiger partial charge in [-0.2, -0.15) is 0 Å². The molecule has 24 heavy (non-hydrogen) atoms. The van der Waals surface area contributed by atoms with E-state index in [1.54, 1.807) is 0 Å². The normalized spacial score (nSPS) is 23.3. The van der Waals surface area contributed by atoms with Crippen molar-refractivity contribution in [3.05, 3.63) is 29.8 Å². The number of fused-ring (bicyclic) bond motifs is 1. The van der Waals surface area contributed by atoms with Gasteiger partial charge in [0.05, 0.1) is 0 Å². The van der Waals surface area contributed by atoms with Crippen LogP contribution in [0.1, 0.15) is 37.7 Å². The van der Waals surface area contributed by atoms with Crippen molar-refractivity contribution in [3.63, 3.8) is 0 Å². The molecule has 1 saturated heterocycles. The van der Waals surface area contributed by atoms with Crippen LogP contribution in [0, 0.1) is 5.92 Å². The molecule has 1 fully saturated rings. The Morgan fingerprint density at radius 2 is 2.04 bits per heavy atom. The lowest BCUT2D eigenvalue weighted by atomic mass is 9.89. The molecule has 0 radical (unpaired) electrons. The van der Waals surface area contributed by atoms with Gasteiger partial charge < -0.3 is 15.3 Å². The quantitative estimate of drug-likeness (QED) is 0.884. The minimum Gasteiger partial charge on any atom is -0.480 e. The fourth-order valence-electron chi connectivity index (χ4n) is 3.57. The predicted molar refractivity (Wildman–Crippen MR) is 88.5 cm³/mol. The first-order valence-corrected chi connectivity index (χ1v) is 8.47. The molecule has 2 atom stereocenters. The number of likely N-dealkylation sites (tertiary alicyclic amines) is 1. The number of nitrogens with zero attached hydrogens (tertiary/aromatic N) is 1. The SMILES string of the molecule is O=C1Nc2ccccc2CC1CCC(=O)N1CCCC[C@@H]1C(=O)O. The first-order chi connectivity index (χ1) is 11.6. The van der Waals surface area contributed by atoms with E-state index in [1.807, 2.05) is 24.3 Å². The van der Waals surface area contributed by atoms with Gasteiger partial charge in [0.15, 0.2) is 0 Å². The monoisotopic (exact) mass is 330 g/mol. The number of carboxylic acid groups (broad SMARTS) is 1. The lowest BCUT2D eigenvalue weighted by Gasteiger charge is -2.33. The third-order valence-corrected chi connectivity index (χ3v) is 4.93. The Morgan fingerprint density at radius 1 is 1.25 bits per heavy atom. The lowest BCUT2D eigenvalue weighted by Crippen LogP contribution is -2.48. The van der Waals surface area contributed by atoms with Gasteiger partial charge in [0.1, 0.15) is 6.04 Å². The number of amides is 2. The van der Waals surface area contributed by atoms with Gasteiger partial charge in [-0.15, -0.1) is 0 Å². The first-order valence-electron chi connectivity index (χ1n) is 8.47. The van der Waals surface area contributed by atoms with Crippen molar-refractivity contribution in [3.8, 4) is 0 Å². The molecule has 0 spiro atoms. The van der Waals surface area contributed by atoms with Crippen molar-refractivity contribution < 1.29 is 19.5 Å². The lowest BCUT2D eigenvalue weighted by molar-refractivity contribution is -0.152. The summed E-state index contributed by atoms with van der Waals surface area (Å²) >= 11 is 0. The maximum absolute atomic E-state index is 12.4. The molecule has 1 aromatic rings. The van der Waals surface area contributed by atoms with E-state index in [0.717, 1.165) is 24.1 Å². The van der Waals surface area contributed by atoms with Crippen LogP contribution in [0.5, 0.6) is 0 Å². The summed E-state index contributed by atoms with van der Waals surface area (Å²) < 4.78 is 0. The molecule has 3 rings (SSSR count). The second-order valence-electron chi connectivity index (χ2n) is 6.52. The van der Waals surface area contributed by atoms with Crippen molar-refractivity contribution in [2.75, 3.05) is 11.9 Å². The first kappa shape index (κ1) is 16.5. The zero-order valence-corrected chi connectivity index (χ0v) is 13.5. The number of aliphatic carboxylic acids is 1. The van der Waals surface area contributed by atoms with Crippen molar-refractivity contribution in [1.29, 1.82) is 0 Å². The van der Waals surface area contributed by atoms with Crippen LogP contribution in [0.15, 0.2) is 24.3 Å². The molecule has 2 N–H and O–H groups in total. The van der Waals surface area contributed by atoms with Gasteiger partial charge in [0.25, 0.3) is 0 Å². The average Bonchev–Trinajstić information content (AvgIpc) is 2.59. The highest BCUT2D eigenvalue weighted by Gasteiger charge is 2.33. The highest BCUT2D eigenvalue weighted by atomic mass is 16.4. The van der Waals surface area contributed by atoms with Crippen molar-refractivity contribution in [1.82, 2.24) is 4.90 Å². The summed E-state index contributed by atoms with van der Waals surface area (Å²) in [5, 5.41) is 12.2. The molecule has 6 nitrogen and oxygen atoms in total. The molecule has 0 bridgehead atoms. The average molecular weight is 330 g/mol. The van der Waals surface area contributed by atoms with E-state index in [9.17, 15) is 19.5 Å². The number of carbonyl (C=O) groups excluding carboxylic acids is 2. The fraction of sp³-hybridized carbons (Fsp3) is 0.500. The molecule has 0 aliphatic carbocycles. The third kappa shape index (κ3) is 3.42. The molecule has 1 unspecified atom stereocenters. The smallest absolute Gasteiger partial charge is 0.326 e. The predicted octanol–water partition coefficient (Wildman–Crippen LogP) is 2.04. The Kier molecular flexibility index (Phi) is 4.83. The van der Waals surface area contributed by atoms with Gasteiger partial charge in [0.2, 0.25) is 11.8 Å². The number of carboxylic acids is 1. The summed E-state index contributed by atoms with van der Waals surface area (Å²) in [5.41, 5.74) is 1.92. The summed E-state index contributed by atoms with van der Waals surface area (Å²) in [6.45, 7) is 0.496. The summed E-state index contributed by atoms with van der Waals surface area (Å²) in [6, 6.07) is 6.95. The van der Waals surface area contributed by atoms with E-state index >= 15 is 0 Å². The molecule has 0 aromatic heterocycles. The van der Waals surface area contributed by atoms with Crippen LogP contribution >= 0.6 is 0 Å². The van der Waals surface area contributed by atoms with Crippen LogP contribution in [0.2, 0.25) is 0 Å². The number of rotatable bonds is 4. The van der Waals surface area contributed by atoms with Crippen LogP contribution < -0.4 is 5.32 Å². The van der Waals surface area contributed by atoms with Gasteiger partial charge in [-0.3, -0.25) is 9.59 Å². The van der Waals surface area contributed by atoms with E-state index in [4.69, 9.17) is 0 Å². The fourth-order valence-corrected chi connectivity index (χ4v) is 3.57. The van der Waals surface area contributed by atoms with Crippen molar-refractivity contribution in [2.45, 2.75) is 44.6 Å². The number of para-hydroxylation sites is 1. The maximum Gasteiger partial charge on any atom is 0.326 e. The molecule has 2 aliphatic heterocycles. The Balaban J connectivity index is 1.60. The zero-order valence-electron chi connectivity index (χ0n) is 13.5. The topological polar surface area (TPSA) is 86.7 Å². The summed E-state index contributed by atoms with van der Waals surface area (Å²) in [5.74, 6) is -1.40. The Labute approximate surface area is 140 Å². The minimum atomic E-state index is -0.938. The van der Waals surface area contributed by atoms with Gasteiger partial charge in [0, 0.05) is 24.6 Å². The number of carbonyl (C=O) groups is 3. The number of nitrogens with one attached hydrogen (secondary N) is 1. The van der Waals surface area contributed by atoms with Crippen LogP contribution in [-0.2, 0) is 20.8 Å². The van der Waals surface area contributed by atoms with Gasteiger partial charge in [-0.25, -0.2) is 4.79 Å². The molecule has 1 aromatic carbocycles. The number of hydrogen-bond acceptors (Lipinski definition) is 3. The zero-order chi connectivity index (χ0) is 17.1. The minimum absolute atomic E-state index is 0.0603. The second kappa shape index (κ2) is 7.03. The number of hydrogen-bond donors (Lipinski definition) is 2. The maximum atomic E-state index is 12.4. The number of benzene rings is 1. The molecule has 0 saturated carbocycles. The van der Waals surface area contributed by atoms with Crippen LogP contribution in [0.3, 0.4) is 0 Å². The third-order valence-electron chi connectivity index (χ3n) is 4.93. The van der Waals surface area contributed by atoms with Crippen LogP contribution in [-0.4, -0.2) is 40.4 Å². The molecule has 2 amide bonds. The Morgan fingerprint density at radius 3 is 2.83 bits per heavy atom. The standard InChI is InChI=1S/C18H22N2O4/c21-16(20-10-4-3-7-15(20)18(23)24)9-8-13-11-12-5-1-2-6-14(12)19-17(13)22/h1-2,5-6,13,15H,3-4,7-11H2,(H,19,22)(H,23,24)/t13?,15-/m1/s1. The summed E-state index contributed by atoms with van der Waals surface area (Å²) in [4.78, 5) is 37.4. The summed E-state index contributed by atoms with van der Waals surface area (Å²) in [6.07, 6.45) is 3.47. The van der Waals surface area contributed by atoms with Crippen LogP contribution in [0.25, 0.3) is 0 Å². The van der Waals surface area contributed by atoms with E-state index in [0.29, 0.717) is 25.8 Å². The highest BCUT2D eigenvalue weighted by Crippen LogP contribution is 2.28. The summed E-state index contributed by atoms with van der Waals surface area (Å²) in [7, 11) is 0. The van der Waals surface area contributed by atoms with Gasteiger partial charge in [-0.1, -0.05) is 18.2 Å². The largest absolute Gasteiger partial charge is 0.480 e. The van der Waals surface area contributed by atoms with E-state index in [1.165, 1.54) is 4.90 Å². The molecular formula is C18H22N2O4. The molecule has 2 heterocycles. The van der Waals surface area contributed by atoms with Gasteiger partial charge in [-0.05, 0) is 43.7 Å². The number of piperidine rings is 1. The second-order valence-corrected chi connectivity index (χ2v) is 6.52. The van der Waals surface area contributed by atoms with E-state index in [2.05, 4.69) is 5.32 Å². The molecule has 2 aliphatic rings. The molecular weight excluding hydrogens is 308 g/mol.